The number of nitrogens with zero attached hydrogens (tertiary/aromatic N) is 2. The first kappa shape index (κ1) is 41.8. The standard InChI is InChI=1S/C39H58N4O7S/c1-10-25(4)30(21-34(45)39(7)17-14-18-40-39)37(47)43(8)32(24(2)3)22-33(50-27(6)44)36-42-31(23-51-36)35(46)41-29(19-26(5)38(48)49-9)20-28-15-12-11-13-16-28/h11-13,15-16,23-26,29-30,32-33,40H,10,14,17-22H2,1-9H3,(H,41,46)/t25-,26-,29+,30-,32+,33+,39+/m0/s1. The van der Waals surface area contributed by atoms with E-state index in [9.17, 15) is 24.0 Å². The van der Waals surface area contributed by atoms with Crippen molar-refractivity contribution < 1.29 is 33.4 Å². The highest BCUT2D eigenvalue weighted by molar-refractivity contribution is 7.09. The second-order valence-electron chi connectivity index (χ2n) is 14.7. The lowest BCUT2D eigenvalue weighted by atomic mass is 9.80. The van der Waals surface area contributed by atoms with Crippen LogP contribution in [-0.4, -0.2) is 77.7 Å². The third-order valence-corrected chi connectivity index (χ3v) is 11.3. The SMILES string of the molecule is CC[C@H](C)[C@H](CC(=O)[C@@]1(C)CCCN1)C(=O)N(C)[C@H](C[C@@H](OC(C)=O)c1nc(C(=O)N[C@@H](Cc2ccccc2)C[C@H](C)C(=O)OC)cs1)C(C)C. The summed E-state index contributed by atoms with van der Waals surface area (Å²) in [6.07, 6.45) is 2.95. The van der Waals surface area contributed by atoms with Crippen LogP contribution in [0.4, 0.5) is 0 Å². The Morgan fingerprint density at radius 1 is 1.08 bits per heavy atom. The van der Waals surface area contributed by atoms with Crippen LogP contribution >= 0.6 is 11.3 Å². The minimum absolute atomic E-state index is 0.00709. The van der Waals surface area contributed by atoms with E-state index in [1.165, 1.54) is 25.4 Å². The molecule has 2 aromatic rings. The van der Waals surface area contributed by atoms with Crippen LogP contribution in [0.3, 0.4) is 0 Å². The molecular weight excluding hydrogens is 669 g/mol. The summed E-state index contributed by atoms with van der Waals surface area (Å²) in [4.78, 5) is 72.1. The number of benzene rings is 1. The maximum Gasteiger partial charge on any atom is 0.308 e. The molecule has 2 amide bonds. The van der Waals surface area contributed by atoms with Crippen molar-refractivity contribution >= 4 is 40.9 Å². The predicted molar refractivity (Wildman–Crippen MR) is 198 cm³/mol. The molecule has 7 atom stereocenters. The van der Waals surface area contributed by atoms with Gasteiger partial charge in [0.15, 0.2) is 11.9 Å². The number of ketones is 1. The van der Waals surface area contributed by atoms with E-state index in [4.69, 9.17) is 9.47 Å². The van der Waals surface area contributed by atoms with Crippen LogP contribution in [0, 0.1) is 23.7 Å². The number of methoxy groups -OCH3 is 1. The lowest BCUT2D eigenvalue weighted by Crippen LogP contribution is -2.49. The molecule has 282 valence electrons. The van der Waals surface area contributed by atoms with Crippen molar-refractivity contribution in [2.45, 2.75) is 117 Å². The number of thiazole rings is 1. The predicted octanol–water partition coefficient (Wildman–Crippen LogP) is 5.92. The van der Waals surface area contributed by atoms with Crippen molar-refractivity contribution in [1.29, 1.82) is 0 Å². The van der Waals surface area contributed by atoms with Crippen molar-refractivity contribution in [2.24, 2.45) is 23.7 Å². The lowest BCUT2D eigenvalue weighted by molar-refractivity contribution is -0.149. The summed E-state index contributed by atoms with van der Waals surface area (Å²) in [5, 5.41) is 8.46. The van der Waals surface area contributed by atoms with E-state index >= 15 is 0 Å². The van der Waals surface area contributed by atoms with E-state index in [0.29, 0.717) is 17.8 Å². The number of carbonyl (C=O) groups excluding carboxylic acids is 5. The number of amides is 2. The van der Waals surface area contributed by atoms with Crippen LogP contribution in [0.25, 0.3) is 0 Å². The summed E-state index contributed by atoms with van der Waals surface area (Å²) >= 11 is 1.21. The number of Topliss-reactive ketones (excluding diaryl/α,β-unsaturated/α-hetero) is 1. The van der Waals surface area contributed by atoms with Crippen LogP contribution in [0.1, 0.15) is 114 Å². The highest BCUT2D eigenvalue weighted by Gasteiger charge is 2.41. The second-order valence-corrected chi connectivity index (χ2v) is 15.6. The number of nitrogens with one attached hydrogen (secondary N) is 2. The molecular formula is C39H58N4O7S. The molecule has 0 unspecified atom stereocenters. The molecule has 0 spiro atoms. The normalized spacial score (nSPS) is 19.3. The summed E-state index contributed by atoms with van der Waals surface area (Å²) < 4.78 is 10.7. The maximum atomic E-state index is 14.2. The lowest BCUT2D eigenvalue weighted by Gasteiger charge is -2.37. The number of hydrogen-bond acceptors (Lipinski definition) is 10. The van der Waals surface area contributed by atoms with Crippen LogP contribution in [0.15, 0.2) is 35.7 Å². The largest absolute Gasteiger partial charge is 0.469 e. The quantitative estimate of drug-likeness (QED) is 0.169. The first-order chi connectivity index (χ1) is 24.1. The monoisotopic (exact) mass is 726 g/mol. The summed E-state index contributed by atoms with van der Waals surface area (Å²) in [6, 6.07) is 8.99. The molecule has 1 aliphatic rings. The number of rotatable bonds is 19. The van der Waals surface area contributed by atoms with Crippen molar-refractivity contribution in [3.8, 4) is 0 Å². The smallest absolute Gasteiger partial charge is 0.308 e. The zero-order chi connectivity index (χ0) is 37.9. The van der Waals surface area contributed by atoms with Gasteiger partial charge in [-0.15, -0.1) is 11.3 Å². The van der Waals surface area contributed by atoms with Gasteiger partial charge in [-0.2, -0.15) is 0 Å². The van der Waals surface area contributed by atoms with Gasteiger partial charge in [0.05, 0.1) is 18.6 Å². The van der Waals surface area contributed by atoms with Gasteiger partial charge in [0.2, 0.25) is 5.91 Å². The Balaban J connectivity index is 1.82. The van der Waals surface area contributed by atoms with Gasteiger partial charge in [0, 0.05) is 50.2 Å². The Bertz CT molecular complexity index is 1470. The van der Waals surface area contributed by atoms with Crippen molar-refractivity contribution in [3.05, 3.63) is 52.0 Å². The van der Waals surface area contributed by atoms with E-state index in [2.05, 4.69) is 15.6 Å². The molecule has 1 aromatic carbocycles. The van der Waals surface area contributed by atoms with Gasteiger partial charge in [-0.25, -0.2) is 4.98 Å². The molecule has 1 aliphatic heterocycles. The van der Waals surface area contributed by atoms with Crippen molar-refractivity contribution in [3.63, 3.8) is 0 Å². The number of ether oxygens (including phenoxy) is 2. The topological polar surface area (TPSA) is 144 Å². The molecule has 51 heavy (non-hydrogen) atoms. The fraction of sp³-hybridized carbons (Fsp3) is 0.641. The Morgan fingerprint density at radius 3 is 2.33 bits per heavy atom. The van der Waals surface area contributed by atoms with Crippen LogP contribution in [-0.2, 0) is 35.1 Å². The molecule has 2 heterocycles. The van der Waals surface area contributed by atoms with E-state index in [1.54, 1.807) is 24.3 Å². The number of aromatic nitrogens is 1. The summed E-state index contributed by atoms with van der Waals surface area (Å²) in [5.74, 6) is -2.25. The fourth-order valence-electron chi connectivity index (χ4n) is 6.91. The molecule has 3 rings (SSSR count). The zero-order valence-corrected chi connectivity index (χ0v) is 32.6. The van der Waals surface area contributed by atoms with E-state index in [0.717, 1.165) is 31.4 Å². The van der Waals surface area contributed by atoms with Crippen molar-refractivity contribution in [1.82, 2.24) is 20.5 Å². The first-order valence-corrected chi connectivity index (χ1v) is 19.1. The van der Waals surface area contributed by atoms with Gasteiger partial charge < -0.3 is 25.0 Å². The van der Waals surface area contributed by atoms with Gasteiger partial charge in [-0.1, -0.05) is 71.4 Å². The summed E-state index contributed by atoms with van der Waals surface area (Å²) in [5.41, 5.74) is 0.570. The third-order valence-electron chi connectivity index (χ3n) is 10.3. The molecule has 0 aliphatic carbocycles. The van der Waals surface area contributed by atoms with E-state index < -0.39 is 35.4 Å². The Labute approximate surface area is 307 Å². The third kappa shape index (κ3) is 11.7. The number of carbonyl (C=O) groups is 5. The Morgan fingerprint density at radius 2 is 1.76 bits per heavy atom. The first-order valence-electron chi connectivity index (χ1n) is 18.2. The Kier molecular flexibility index (Phi) is 15.8. The molecule has 0 bridgehead atoms. The van der Waals surface area contributed by atoms with Gasteiger partial charge in [-0.3, -0.25) is 24.0 Å². The second kappa shape index (κ2) is 19.3. The highest BCUT2D eigenvalue weighted by Crippen LogP contribution is 2.33. The Hall–Kier alpha value is -3.64. The molecule has 0 saturated carbocycles. The van der Waals surface area contributed by atoms with Gasteiger partial charge in [0.25, 0.3) is 5.91 Å². The maximum absolute atomic E-state index is 14.2. The highest BCUT2D eigenvalue weighted by atomic mass is 32.1. The average Bonchev–Trinajstić information content (AvgIpc) is 3.78. The molecule has 1 aromatic heterocycles. The minimum Gasteiger partial charge on any atom is -0.469 e. The fourth-order valence-corrected chi connectivity index (χ4v) is 7.75. The summed E-state index contributed by atoms with van der Waals surface area (Å²) in [7, 11) is 3.10. The molecule has 1 saturated heterocycles. The summed E-state index contributed by atoms with van der Waals surface area (Å²) in [6.45, 7) is 13.9. The molecule has 2 N–H and O–H groups in total. The molecule has 11 nitrogen and oxygen atoms in total. The van der Waals surface area contributed by atoms with Crippen LogP contribution in [0.2, 0.25) is 0 Å². The van der Waals surface area contributed by atoms with Crippen LogP contribution in [0.5, 0.6) is 0 Å². The molecule has 0 radical (unpaired) electrons. The van der Waals surface area contributed by atoms with E-state index in [1.807, 2.05) is 65.0 Å². The van der Waals surface area contributed by atoms with Gasteiger partial charge in [-0.05, 0) is 56.6 Å². The van der Waals surface area contributed by atoms with E-state index in [-0.39, 0.29) is 60.1 Å². The number of esters is 2. The minimum atomic E-state index is -0.804. The molecule has 12 heteroatoms. The van der Waals surface area contributed by atoms with Crippen molar-refractivity contribution in [2.75, 3.05) is 20.7 Å². The number of hydrogen-bond donors (Lipinski definition) is 2. The van der Waals surface area contributed by atoms with Crippen LogP contribution < -0.4 is 10.6 Å². The zero-order valence-electron chi connectivity index (χ0n) is 31.8. The molecule has 1 fully saturated rings. The van der Waals surface area contributed by atoms with Gasteiger partial charge in [0.1, 0.15) is 10.7 Å². The average molecular weight is 727 g/mol. The van der Waals surface area contributed by atoms with Gasteiger partial charge >= 0.3 is 11.9 Å².